The minimum atomic E-state index is -3.91. The molecule has 0 aliphatic carbocycles. The van der Waals surface area contributed by atoms with Gasteiger partial charge in [-0.25, -0.2) is 8.42 Å². The molecule has 21 heavy (non-hydrogen) atoms. The van der Waals surface area contributed by atoms with Crippen molar-refractivity contribution in [3.8, 4) is 0 Å². The van der Waals surface area contributed by atoms with E-state index in [4.69, 9.17) is 0 Å². The predicted molar refractivity (Wildman–Crippen MR) is 78.6 cm³/mol. The fourth-order valence-electron chi connectivity index (χ4n) is 2.29. The van der Waals surface area contributed by atoms with Gasteiger partial charge in [-0.15, -0.1) is 0 Å². The molecule has 8 heteroatoms. The smallest absolute Gasteiger partial charge is 0.321 e. The average molecular weight is 317 g/mol. The summed E-state index contributed by atoms with van der Waals surface area (Å²) >= 11 is 0. The summed E-state index contributed by atoms with van der Waals surface area (Å²) < 4.78 is 28.8. The molecule has 0 saturated heterocycles. The highest BCUT2D eigenvalue weighted by molar-refractivity contribution is 7.89. The first kappa shape index (κ1) is 17.6. The molecule has 0 aliphatic heterocycles. The second kappa shape index (κ2) is 6.57. The Hall–Kier alpha value is -1.41. The molecule has 0 saturated carbocycles. The van der Waals surface area contributed by atoms with Crippen molar-refractivity contribution >= 4 is 16.0 Å². The Kier molecular flexibility index (Phi) is 5.52. The van der Waals surface area contributed by atoms with Crippen molar-refractivity contribution in [1.82, 2.24) is 14.5 Å². The topological polar surface area (TPSA) is 101 Å². The highest BCUT2D eigenvalue weighted by Gasteiger charge is 2.30. The maximum atomic E-state index is 12.5. The molecule has 7 nitrogen and oxygen atoms in total. The SMILES string of the molecule is CCn1nc(C)c(S(=O)(=O)NC(CC(C)C)C(=O)O)c1C. The van der Waals surface area contributed by atoms with Gasteiger partial charge < -0.3 is 5.11 Å². The van der Waals surface area contributed by atoms with E-state index in [-0.39, 0.29) is 17.2 Å². The summed E-state index contributed by atoms with van der Waals surface area (Å²) in [6.07, 6.45) is 0.231. The molecule has 1 heterocycles. The molecule has 0 amide bonds. The van der Waals surface area contributed by atoms with Crippen LogP contribution in [0.1, 0.15) is 38.6 Å². The Morgan fingerprint density at radius 2 is 1.95 bits per heavy atom. The first-order valence-electron chi connectivity index (χ1n) is 6.89. The molecule has 0 radical (unpaired) electrons. The van der Waals surface area contributed by atoms with Crippen LogP contribution in [-0.4, -0.2) is 35.3 Å². The summed E-state index contributed by atoms with van der Waals surface area (Å²) in [4.78, 5) is 11.3. The van der Waals surface area contributed by atoms with Crippen LogP contribution >= 0.6 is 0 Å². The van der Waals surface area contributed by atoms with E-state index in [1.54, 1.807) is 18.5 Å². The van der Waals surface area contributed by atoms with Gasteiger partial charge in [0.25, 0.3) is 0 Å². The summed E-state index contributed by atoms with van der Waals surface area (Å²) in [5.41, 5.74) is 0.881. The van der Waals surface area contributed by atoms with Gasteiger partial charge in [-0.05, 0) is 33.1 Å². The number of hydrogen-bond donors (Lipinski definition) is 2. The van der Waals surface area contributed by atoms with Crippen LogP contribution in [0.3, 0.4) is 0 Å². The molecule has 1 aromatic rings. The fourth-order valence-corrected chi connectivity index (χ4v) is 3.91. The van der Waals surface area contributed by atoms with Crippen molar-refractivity contribution in [2.24, 2.45) is 5.92 Å². The van der Waals surface area contributed by atoms with Crippen molar-refractivity contribution in [2.45, 2.75) is 58.5 Å². The van der Waals surface area contributed by atoms with E-state index in [1.807, 2.05) is 20.8 Å². The summed E-state index contributed by atoms with van der Waals surface area (Å²) in [7, 11) is -3.91. The second-order valence-electron chi connectivity index (χ2n) is 5.46. The van der Waals surface area contributed by atoms with Gasteiger partial charge in [-0.2, -0.15) is 9.82 Å². The number of aryl methyl sites for hydroxylation is 2. The molecular formula is C13H23N3O4S. The molecule has 2 N–H and O–H groups in total. The number of carboxylic acid groups (broad SMARTS) is 1. The standard InChI is InChI=1S/C13H23N3O4S/c1-6-16-10(5)12(9(4)14-16)21(19,20)15-11(13(17)18)7-8(2)3/h8,11,15H,6-7H2,1-5H3,(H,17,18). The second-order valence-corrected chi connectivity index (χ2v) is 7.11. The van der Waals surface area contributed by atoms with Crippen molar-refractivity contribution in [1.29, 1.82) is 0 Å². The predicted octanol–water partition coefficient (Wildman–Crippen LogP) is 1.30. The van der Waals surface area contributed by atoms with Crippen LogP contribution in [0, 0.1) is 19.8 Å². The van der Waals surface area contributed by atoms with Gasteiger partial charge in [0.1, 0.15) is 10.9 Å². The zero-order valence-corrected chi connectivity index (χ0v) is 13.9. The van der Waals surface area contributed by atoms with Gasteiger partial charge >= 0.3 is 5.97 Å². The van der Waals surface area contributed by atoms with E-state index < -0.39 is 22.0 Å². The summed E-state index contributed by atoms with van der Waals surface area (Å²) in [6, 6.07) is -1.14. The van der Waals surface area contributed by atoms with Crippen LogP contribution in [0.5, 0.6) is 0 Å². The van der Waals surface area contributed by atoms with E-state index in [0.717, 1.165) is 0 Å². The molecule has 0 bridgehead atoms. The molecule has 1 unspecified atom stereocenters. The largest absolute Gasteiger partial charge is 0.480 e. The lowest BCUT2D eigenvalue weighted by atomic mass is 10.1. The van der Waals surface area contributed by atoms with Crippen LogP contribution in [-0.2, 0) is 21.4 Å². The highest BCUT2D eigenvalue weighted by atomic mass is 32.2. The molecule has 0 aromatic carbocycles. The Morgan fingerprint density at radius 1 is 1.38 bits per heavy atom. The molecule has 0 spiro atoms. The number of carbonyl (C=O) groups is 1. The zero-order valence-electron chi connectivity index (χ0n) is 13.0. The lowest BCUT2D eigenvalue weighted by Gasteiger charge is -2.16. The molecule has 1 rings (SSSR count). The molecule has 0 fully saturated rings. The first-order chi connectivity index (χ1) is 9.60. The third-order valence-electron chi connectivity index (χ3n) is 3.19. The number of rotatable bonds is 7. The van der Waals surface area contributed by atoms with Crippen molar-refractivity contribution in [3.05, 3.63) is 11.4 Å². The lowest BCUT2D eigenvalue weighted by Crippen LogP contribution is -2.41. The summed E-state index contributed by atoms with van der Waals surface area (Å²) in [5, 5.41) is 13.3. The number of hydrogen-bond acceptors (Lipinski definition) is 4. The first-order valence-corrected chi connectivity index (χ1v) is 8.37. The third-order valence-corrected chi connectivity index (χ3v) is 4.91. The number of carboxylic acids is 1. The van der Waals surface area contributed by atoms with Crippen molar-refractivity contribution < 1.29 is 18.3 Å². The molecular weight excluding hydrogens is 294 g/mol. The molecule has 1 atom stereocenters. The number of nitrogens with one attached hydrogen (secondary N) is 1. The Morgan fingerprint density at radius 3 is 2.33 bits per heavy atom. The van der Waals surface area contributed by atoms with Gasteiger partial charge in [-0.1, -0.05) is 13.8 Å². The van der Waals surface area contributed by atoms with Gasteiger partial charge in [0.05, 0.1) is 11.4 Å². The van der Waals surface area contributed by atoms with Crippen LogP contribution in [0.25, 0.3) is 0 Å². The number of aliphatic carboxylic acids is 1. The van der Waals surface area contributed by atoms with E-state index in [0.29, 0.717) is 17.9 Å². The van der Waals surface area contributed by atoms with Crippen molar-refractivity contribution in [3.63, 3.8) is 0 Å². The molecule has 120 valence electrons. The summed E-state index contributed by atoms with van der Waals surface area (Å²) in [6.45, 7) is 9.37. The van der Waals surface area contributed by atoms with Crippen LogP contribution in [0.4, 0.5) is 0 Å². The monoisotopic (exact) mass is 317 g/mol. The van der Waals surface area contributed by atoms with Crippen LogP contribution in [0.2, 0.25) is 0 Å². The summed E-state index contributed by atoms with van der Waals surface area (Å²) in [5.74, 6) is -1.11. The Balaban J connectivity index is 3.16. The highest BCUT2D eigenvalue weighted by Crippen LogP contribution is 2.20. The average Bonchev–Trinajstić information content (AvgIpc) is 2.62. The molecule has 0 aliphatic rings. The maximum Gasteiger partial charge on any atom is 0.321 e. The number of sulfonamides is 1. The lowest BCUT2D eigenvalue weighted by molar-refractivity contribution is -0.139. The normalized spacial score (nSPS) is 13.6. The van der Waals surface area contributed by atoms with Gasteiger partial charge in [0.15, 0.2) is 0 Å². The molecule has 1 aromatic heterocycles. The Bertz CT molecular complexity index is 620. The van der Waals surface area contributed by atoms with E-state index in [1.165, 1.54) is 0 Å². The van der Waals surface area contributed by atoms with E-state index >= 15 is 0 Å². The number of nitrogens with zero attached hydrogens (tertiary/aromatic N) is 2. The maximum absolute atomic E-state index is 12.5. The van der Waals surface area contributed by atoms with Gasteiger partial charge in [0, 0.05) is 6.54 Å². The minimum absolute atomic E-state index is 0.0642. The fraction of sp³-hybridized carbons (Fsp3) is 0.692. The van der Waals surface area contributed by atoms with Gasteiger partial charge in [-0.3, -0.25) is 9.48 Å². The zero-order chi connectivity index (χ0) is 16.4. The van der Waals surface area contributed by atoms with E-state index in [2.05, 4.69) is 9.82 Å². The van der Waals surface area contributed by atoms with Crippen molar-refractivity contribution in [2.75, 3.05) is 0 Å². The quantitative estimate of drug-likeness (QED) is 0.789. The van der Waals surface area contributed by atoms with Crippen LogP contribution < -0.4 is 4.72 Å². The third kappa shape index (κ3) is 4.04. The van der Waals surface area contributed by atoms with E-state index in [9.17, 15) is 18.3 Å². The van der Waals surface area contributed by atoms with Crippen LogP contribution in [0.15, 0.2) is 4.90 Å². The Labute approximate surface area is 125 Å². The number of aromatic nitrogens is 2. The minimum Gasteiger partial charge on any atom is -0.480 e. The van der Waals surface area contributed by atoms with Gasteiger partial charge in [0.2, 0.25) is 10.0 Å².